The number of aryl methyl sites for hydroxylation is 2. The Morgan fingerprint density at radius 1 is 1.22 bits per heavy atom. The molecular formula is C18H16IN3O. The molecule has 2 aromatic carbocycles. The quantitative estimate of drug-likeness (QED) is 0.441. The molecule has 0 unspecified atom stereocenters. The van der Waals surface area contributed by atoms with E-state index in [2.05, 4.69) is 33.2 Å². The molecule has 0 spiro atoms. The molecule has 0 heterocycles. The predicted molar refractivity (Wildman–Crippen MR) is 101 cm³/mol. The summed E-state index contributed by atoms with van der Waals surface area (Å²) in [5.41, 5.74) is 3.63. The van der Waals surface area contributed by atoms with Gasteiger partial charge in [0.05, 0.1) is 0 Å². The third kappa shape index (κ3) is 4.83. The van der Waals surface area contributed by atoms with E-state index < -0.39 is 5.91 Å². The second-order valence-corrected chi connectivity index (χ2v) is 6.34. The summed E-state index contributed by atoms with van der Waals surface area (Å²) in [4.78, 5) is 12.2. The van der Waals surface area contributed by atoms with Gasteiger partial charge in [0.15, 0.2) is 0 Å². The molecule has 23 heavy (non-hydrogen) atoms. The summed E-state index contributed by atoms with van der Waals surface area (Å²) < 4.78 is 1.13. The lowest BCUT2D eigenvalue weighted by molar-refractivity contribution is -0.112. The Balaban J connectivity index is 2.12. The number of carbonyl (C=O) groups is 1. The highest BCUT2D eigenvalue weighted by Crippen LogP contribution is 2.18. The summed E-state index contributed by atoms with van der Waals surface area (Å²) in [5, 5.41) is 14.9. The lowest BCUT2D eigenvalue weighted by Gasteiger charge is -2.08. The smallest absolute Gasteiger partial charge is 0.267 e. The number of hydrogen-bond acceptors (Lipinski definition) is 3. The summed E-state index contributed by atoms with van der Waals surface area (Å²) >= 11 is 2.24. The third-order valence-electron chi connectivity index (χ3n) is 3.20. The van der Waals surface area contributed by atoms with Gasteiger partial charge in [-0.3, -0.25) is 4.79 Å². The first-order valence-corrected chi connectivity index (χ1v) is 8.08. The SMILES string of the molecule is Cc1cccc(NC(=O)/C(C#N)=C\Nc2ccc(I)cc2C)c1. The van der Waals surface area contributed by atoms with Crippen LogP contribution in [0.5, 0.6) is 0 Å². The van der Waals surface area contributed by atoms with Gasteiger partial charge in [0.25, 0.3) is 5.91 Å². The molecule has 116 valence electrons. The zero-order valence-electron chi connectivity index (χ0n) is 12.9. The van der Waals surface area contributed by atoms with E-state index in [1.807, 2.05) is 56.3 Å². The van der Waals surface area contributed by atoms with Gasteiger partial charge in [0, 0.05) is 21.1 Å². The van der Waals surface area contributed by atoms with Gasteiger partial charge in [-0.25, -0.2) is 0 Å². The highest BCUT2D eigenvalue weighted by atomic mass is 127. The molecule has 0 aromatic heterocycles. The summed E-state index contributed by atoms with van der Waals surface area (Å²) in [6.45, 7) is 3.91. The molecule has 0 aliphatic heterocycles. The average Bonchev–Trinajstić information content (AvgIpc) is 2.49. The van der Waals surface area contributed by atoms with Crippen LogP contribution in [0.1, 0.15) is 11.1 Å². The van der Waals surface area contributed by atoms with Crippen molar-refractivity contribution in [2.75, 3.05) is 10.6 Å². The zero-order chi connectivity index (χ0) is 16.8. The minimum absolute atomic E-state index is 0.0180. The molecule has 2 rings (SSSR count). The van der Waals surface area contributed by atoms with Crippen LogP contribution in [0.3, 0.4) is 0 Å². The van der Waals surface area contributed by atoms with Crippen molar-refractivity contribution in [2.24, 2.45) is 0 Å². The van der Waals surface area contributed by atoms with Gasteiger partial charge in [-0.05, 0) is 77.9 Å². The largest absolute Gasteiger partial charge is 0.360 e. The average molecular weight is 417 g/mol. The number of benzene rings is 2. The highest BCUT2D eigenvalue weighted by molar-refractivity contribution is 14.1. The van der Waals surface area contributed by atoms with E-state index in [1.54, 1.807) is 6.07 Å². The molecule has 0 bridgehead atoms. The summed E-state index contributed by atoms with van der Waals surface area (Å²) in [7, 11) is 0. The lowest BCUT2D eigenvalue weighted by atomic mass is 10.2. The molecule has 0 aliphatic carbocycles. The number of nitrogens with zero attached hydrogens (tertiary/aromatic N) is 1. The van der Waals surface area contributed by atoms with Crippen molar-refractivity contribution in [3.05, 3.63) is 68.9 Å². The Bertz CT molecular complexity index is 806. The first-order valence-electron chi connectivity index (χ1n) is 7.00. The van der Waals surface area contributed by atoms with E-state index in [0.29, 0.717) is 5.69 Å². The summed E-state index contributed by atoms with van der Waals surface area (Å²) in [6, 6.07) is 15.3. The van der Waals surface area contributed by atoms with Crippen molar-refractivity contribution in [1.82, 2.24) is 0 Å². The first-order chi connectivity index (χ1) is 11.0. The summed E-state index contributed by atoms with van der Waals surface area (Å²) in [5.74, 6) is -0.436. The maximum absolute atomic E-state index is 12.2. The van der Waals surface area contributed by atoms with Crippen molar-refractivity contribution in [3.63, 3.8) is 0 Å². The fourth-order valence-corrected chi connectivity index (χ4v) is 2.66. The van der Waals surface area contributed by atoms with Gasteiger partial charge in [-0.2, -0.15) is 5.26 Å². The Labute approximate surface area is 149 Å². The van der Waals surface area contributed by atoms with Crippen LogP contribution in [-0.2, 0) is 4.79 Å². The number of nitrogens with one attached hydrogen (secondary N) is 2. The van der Waals surface area contributed by atoms with Gasteiger partial charge in [0.1, 0.15) is 11.6 Å². The lowest BCUT2D eigenvalue weighted by Crippen LogP contribution is -2.14. The minimum atomic E-state index is -0.436. The van der Waals surface area contributed by atoms with Crippen LogP contribution < -0.4 is 10.6 Å². The molecule has 2 N–H and O–H groups in total. The van der Waals surface area contributed by atoms with Crippen LogP contribution in [0, 0.1) is 28.7 Å². The molecule has 2 aromatic rings. The van der Waals surface area contributed by atoms with E-state index in [1.165, 1.54) is 6.20 Å². The van der Waals surface area contributed by atoms with Crippen molar-refractivity contribution in [1.29, 1.82) is 5.26 Å². The Morgan fingerprint density at radius 2 is 2.00 bits per heavy atom. The first kappa shape index (κ1) is 17.0. The van der Waals surface area contributed by atoms with Crippen molar-refractivity contribution < 1.29 is 4.79 Å². The number of halogens is 1. The Morgan fingerprint density at radius 3 is 2.65 bits per heavy atom. The number of rotatable bonds is 4. The molecule has 0 atom stereocenters. The van der Waals surface area contributed by atoms with Crippen molar-refractivity contribution >= 4 is 39.9 Å². The highest BCUT2D eigenvalue weighted by Gasteiger charge is 2.09. The van der Waals surface area contributed by atoms with E-state index in [-0.39, 0.29) is 5.57 Å². The third-order valence-corrected chi connectivity index (χ3v) is 3.87. The second kappa shape index (κ2) is 7.79. The molecule has 0 saturated heterocycles. The maximum Gasteiger partial charge on any atom is 0.267 e. The fourth-order valence-electron chi connectivity index (χ4n) is 2.01. The second-order valence-electron chi connectivity index (χ2n) is 5.10. The molecular weight excluding hydrogens is 401 g/mol. The van der Waals surface area contributed by atoms with Gasteiger partial charge < -0.3 is 10.6 Å². The van der Waals surface area contributed by atoms with E-state index in [9.17, 15) is 10.1 Å². The number of anilines is 2. The monoisotopic (exact) mass is 417 g/mol. The van der Waals surface area contributed by atoms with Gasteiger partial charge >= 0.3 is 0 Å². The predicted octanol–water partition coefficient (Wildman–Crippen LogP) is 4.37. The summed E-state index contributed by atoms with van der Waals surface area (Å²) in [6.07, 6.45) is 1.43. The van der Waals surface area contributed by atoms with Crippen LogP contribution in [-0.4, -0.2) is 5.91 Å². The fraction of sp³-hybridized carbons (Fsp3) is 0.111. The van der Waals surface area contributed by atoms with Crippen LogP contribution in [0.15, 0.2) is 54.2 Å². The van der Waals surface area contributed by atoms with E-state index in [4.69, 9.17) is 0 Å². The van der Waals surface area contributed by atoms with Crippen LogP contribution in [0.25, 0.3) is 0 Å². The van der Waals surface area contributed by atoms with Gasteiger partial charge in [-0.15, -0.1) is 0 Å². The van der Waals surface area contributed by atoms with Gasteiger partial charge in [-0.1, -0.05) is 12.1 Å². The minimum Gasteiger partial charge on any atom is -0.360 e. The number of carbonyl (C=O) groups excluding carboxylic acids is 1. The standard InChI is InChI=1S/C18H16IN3O/c1-12-4-3-5-16(8-12)22-18(23)14(10-20)11-21-17-7-6-15(19)9-13(17)2/h3-9,11,21H,1-2H3,(H,22,23)/b14-11-. The normalized spacial score (nSPS) is 10.8. The molecule has 0 saturated carbocycles. The number of hydrogen-bond donors (Lipinski definition) is 2. The Hall–Kier alpha value is -2.33. The molecule has 0 aliphatic rings. The van der Waals surface area contributed by atoms with Crippen molar-refractivity contribution in [3.8, 4) is 6.07 Å². The molecule has 5 heteroatoms. The molecule has 1 amide bonds. The van der Waals surface area contributed by atoms with E-state index >= 15 is 0 Å². The number of amides is 1. The van der Waals surface area contributed by atoms with Crippen molar-refractivity contribution in [2.45, 2.75) is 13.8 Å². The zero-order valence-corrected chi connectivity index (χ0v) is 15.0. The van der Waals surface area contributed by atoms with Crippen LogP contribution in [0.4, 0.5) is 11.4 Å². The molecule has 4 nitrogen and oxygen atoms in total. The molecule has 0 radical (unpaired) electrons. The van der Waals surface area contributed by atoms with E-state index in [0.717, 1.165) is 20.4 Å². The maximum atomic E-state index is 12.2. The number of nitriles is 1. The van der Waals surface area contributed by atoms with Gasteiger partial charge in [0.2, 0.25) is 0 Å². The Kier molecular flexibility index (Phi) is 5.77. The topological polar surface area (TPSA) is 64.9 Å². The van der Waals surface area contributed by atoms with Crippen LogP contribution in [0.2, 0.25) is 0 Å². The molecule has 0 fully saturated rings. The van der Waals surface area contributed by atoms with Crippen LogP contribution >= 0.6 is 22.6 Å².